The van der Waals surface area contributed by atoms with Crippen LogP contribution in [0, 0.1) is 0 Å². The summed E-state index contributed by atoms with van der Waals surface area (Å²) in [6.07, 6.45) is 1.62. The van der Waals surface area contributed by atoms with E-state index in [1.54, 1.807) is 0 Å². The Morgan fingerprint density at radius 1 is 1.58 bits per heavy atom. The first-order valence-corrected chi connectivity index (χ1v) is 3.17. The summed E-state index contributed by atoms with van der Waals surface area (Å²) in [7, 11) is 0. The molecule has 0 spiro atoms. The fraction of sp³-hybridized carbons (Fsp3) is 0.167. The summed E-state index contributed by atoms with van der Waals surface area (Å²) in [5.74, 6) is 0.679. The Bertz CT molecular complexity index is 339. The number of aromatic amines is 1. The zero-order chi connectivity index (χ0) is 7.84. The molecule has 0 saturated heterocycles. The van der Waals surface area contributed by atoms with Crippen molar-refractivity contribution in [2.45, 2.75) is 6.42 Å². The maximum absolute atomic E-state index is 11.1. The minimum absolute atomic E-state index is 0. The number of aliphatic imine (C=N–C) groups is 1. The predicted octanol–water partition coefficient (Wildman–Crippen LogP) is 0.147. The first-order chi connectivity index (χ1) is 5.27. The number of imidazole rings is 1. The summed E-state index contributed by atoms with van der Waals surface area (Å²) in [5.41, 5.74) is 5.83. The van der Waals surface area contributed by atoms with Crippen molar-refractivity contribution in [1.29, 1.82) is 0 Å². The summed E-state index contributed by atoms with van der Waals surface area (Å²) in [6, 6.07) is 0. The molecule has 0 atom stereocenters. The van der Waals surface area contributed by atoms with Crippen LogP contribution in [-0.4, -0.2) is 21.6 Å². The van der Waals surface area contributed by atoms with E-state index in [0.29, 0.717) is 17.3 Å². The van der Waals surface area contributed by atoms with Crippen LogP contribution in [0.15, 0.2) is 11.3 Å². The number of rotatable bonds is 0. The zero-order valence-corrected chi connectivity index (χ0v) is 6.37. The van der Waals surface area contributed by atoms with Crippen LogP contribution in [0.3, 0.4) is 0 Å². The van der Waals surface area contributed by atoms with Crippen molar-refractivity contribution in [3.05, 3.63) is 12.0 Å². The lowest BCUT2D eigenvalue weighted by Crippen LogP contribution is -2.20. The Hall–Kier alpha value is -1.69. The van der Waals surface area contributed by atoms with Crippen molar-refractivity contribution in [3.8, 4) is 0 Å². The third kappa shape index (κ3) is 1.08. The van der Waals surface area contributed by atoms with Gasteiger partial charge in [0.25, 0.3) is 0 Å². The van der Waals surface area contributed by atoms with Gasteiger partial charge in [0.15, 0.2) is 11.6 Å². The number of fused-ring (bicyclic) bond motifs is 1. The van der Waals surface area contributed by atoms with E-state index in [-0.39, 0.29) is 18.4 Å². The Balaban J connectivity index is 0.000000720. The lowest BCUT2D eigenvalue weighted by atomic mass is 10.1. The number of nitrogens with two attached hydrogens (primary N) is 1. The van der Waals surface area contributed by atoms with Gasteiger partial charge in [0.2, 0.25) is 0 Å². The van der Waals surface area contributed by atoms with Gasteiger partial charge in [0.1, 0.15) is 11.5 Å². The molecule has 1 aliphatic rings. The van der Waals surface area contributed by atoms with Crippen LogP contribution in [-0.2, 0) is 0 Å². The van der Waals surface area contributed by atoms with Crippen LogP contribution in [0.5, 0.6) is 0 Å². The second-order valence-electron chi connectivity index (χ2n) is 2.30. The van der Waals surface area contributed by atoms with Crippen molar-refractivity contribution in [3.63, 3.8) is 0 Å². The van der Waals surface area contributed by atoms with Gasteiger partial charge >= 0.3 is 0 Å². The SMILES string of the molecule is N.NC1=Nc2nc[nH]c2C(=O)C1. The number of H-pyrrole nitrogens is 1. The van der Waals surface area contributed by atoms with Crippen molar-refractivity contribution in [2.24, 2.45) is 10.7 Å². The minimum Gasteiger partial charge on any atom is -0.387 e. The van der Waals surface area contributed by atoms with E-state index in [1.165, 1.54) is 6.33 Å². The predicted molar refractivity (Wildman–Crippen MR) is 43.8 cm³/mol. The van der Waals surface area contributed by atoms with Gasteiger partial charge in [-0.2, -0.15) is 0 Å². The van der Waals surface area contributed by atoms with Crippen molar-refractivity contribution in [2.75, 3.05) is 0 Å². The second-order valence-corrected chi connectivity index (χ2v) is 2.30. The molecule has 0 aromatic carbocycles. The molecule has 12 heavy (non-hydrogen) atoms. The number of carbonyl (C=O) groups is 1. The quantitative estimate of drug-likeness (QED) is 0.509. The molecular weight excluding hydrogens is 158 g/mol. The summed E-state index contributed by atoms with van der Waals surface area (Å²) in [6.45, 7) is 0. The third-order valence-electron chi connectivity index (χ3n) is 1.49. The number of Topliss-reactive ketones (excluding diaryl/α,β-unsaturated/α-hetero) is 1. The Kier molecular flexibility index (Phi) is 1.92. The normalized spacial score (nSPS) is 14.7. The van der Waals surface area contributed by atoms with Crippen LogP contribution in [0.25, 0.3) is 0 Å². The van der Waals surface area contributed by atoms with Crippen molar-refractivity contribution in [1.82, 2.24) is 16.1 Å². The maximum atomic E-state index is 11.1. The number of hydrogen-bond donors (Lipinski definition) is 3. The highest BCUT2D eigenvalue weighted by Crippen LogP contribution is 2.19. The van der Waals surface area contributed by atoms with Gasteiger partial charge in [-0.3, -0.25) is 4.79 Å². The van der Waals surface area contributed by atoms with E-state index in [9.17, 15) is 4.79 Å². The fourth-order valence-corrected chi connectivity index (χ4v) is 1.01. The summed E-state index contributed by atoms with van der Waals surface area (Å²) in [5, 5.41) is 0. The molecule has 6 nitrogen and oxygen atoms in total. The number of amidine groups is 1. The summed E-state index contributed by atoms with van der Waals surface area (Å²) < 4.78 is 0. The zero-order valence-electron chi connectivity index (χ0n) is 6.37. The topological polar surface area (TPSA) is 119 Å². The van der Waals surface area contributed by atoms with Crippen LogP contribution in [0.2, 0.25) is 0 Å². The van der Waals surface area contributed by atoms with E-state index in [0.717, 1.165) is 0 Å². The summed E-state index contributed by atoms with van der Waals surface area (Å²) in [4.78, 5) is 21.5. The molecule has 0 aliphatic carbocycles. The van der Waals surface area contributed by atoms with Gasteiger partial charge < -0.3 is 16.9 Å². The largest absolute Gasteiger partial charge is 0.387 e. The molecule has 0 unspecified atom stereocenters. The molecule has 0 amide bonds. The number of nitrogens with one attached hydrogen (secondary N) is 1. The monoisotopic (exact) mass is 167 g/mol. The molecule has 64 valence electrons. The van der Waals surface area contributed by atoms with E-state index < -0.39 is 0 Å². The van der Waals surface area contributed by atoms with E-state index in [4.69, 9.17) is 5.73 Å². The highest BCUT2D eigenvalue weighted by molar-refractivity contribution is 6.13. The molecule has 1 aliphatic heterocycles. The lowest BCUT2D eigenvalue weighted by Gasteiger charge is -2.04. The highest BCUT2D eigenvalue weighted by atomic mass is 16.1. The fourth-order valence-electron chi connectivity index (χ4n) is 1.01. The molecule has 0 radical (unpaired) electrons. The average Bonchev–Trinajstić information content (AvgIpc) is 2.34. The highest BCUT2D eigenvalue weighted by Gasteiger charge is 2.19. The van der Waals surface area contributed by atoms with E-state index in [2.05, 4.69) is 15.0 Å². The second kappa shape index (κ2) is 2.74. The van der Waals surface area contributed by atoms with Crippen LogP contribution >= 0.6 is 0 Å². The molecule has 1 aromatic rings. The molecule has 6 N–H and O–H groups in total. The lowest BCUT2D eigenvalue weighted by molar-refractivity contribution is 0.0995. The van der Waals surface area contributed by atoms with Gasteiger partial charge in [-0.1, -0.05) is 0 Å². The number of carbonyl (C=O) groups excluding carboxylic acids is 1. The van der Waals surface area contributed by atoms with E-state index >= 15 is 0 Å². The average molecular weight is 167 g/mol. The smallest absolute Gasteiger partial charge is 0.190 e. The Labute approximate surface area is 68.5 Å². The number of hydrogen-bond acceptors (Lipinski definition) is 5. The minimum atomic E-state index is -0.0509. The molecule has 6 heteroatoms. The first-order valence-electron chi connectivity index (χ1n) is 3.17. The molecule has 0 fully saturated rings. The van der Waals surface area contributed by atoms with Gasteiger partial charge in [0, 0.05) is 0 Å². The van der Waals surface area contributed by atoms with Crippen molar-refractivity contribution < 1.29 is 4.79 Å². The van der Waals surface area contributed by atoms with E-state index in [1.807, 2.05) is 0 Å². The first kappa shape index (κ1) is 8.41. The molecular formula is C6H9N5O. The number of nitrogens with zero attached hydrogens (tertiary/aromatic N) is 2. The molecule has 2 rings (SSSR count). The van der Waals surface area contributed by atoms with Gasteiger partial charge in [-0.05, 0) is 0 Å². The van der Waals surface area contributed by atoms with Crippen molar-refractivity contribution >= 4 is 17.4 Å². The third-order valence-corrected chi connectivity index (χ3v) is 1.49. The standard InChI is InChI=1S/C6H6N4O.H3N/c7-4-1-3(11)5-6(10-4)9-2-8-5;/h2H,1H2,(H2,7,10)(H,8,9);1H3. The Morgan fingerprint density at radius 2 is 2.33 bits per heavy atom. The van der Waals surface area contributed by atoms with Gasteiger partial charge in [0.05, 0.1) is 12.7 Å². The van der Waals surface area contributed by atoms with Gasteiger partial charge in [-0.15, -0.1) is 0 Å². The van der Waals surface area contributed by atoms with Crippen LogP contribution < -0.4 is 11.9 Å². The molecule has 0 bridgehead atoms. The van der Waals surface area contributed by atoms with Crippen LogP contribution in [0.4, 0.5) is 5.82 Å². The Morgan fingerprint density at radius 3 is 3.08 bits per heavy atom. The number of ketones is 1. The molecule has 0 saturated carbocycles. The molecule has 1 aromatic heterocycles. The van der Waals surface area contributed by atoms with Gasteiger partial charge in [-0.25, -0.2) is 9.98 Å². The number of aromatic nitrogens is 2. The maximum Gasteiger partial charge on any atom is 0.190 e. The summed E-state index contributed by atoms with van der Waals surface area (Å²) >= 11 is 0. The molecule has 2 heterocycles. The van der Waals surface area contributed by atoms with Crippen LogP contribution in [0.1, 0.15) is 16.9 Å².